The van der Waals surface area contributed by atoms with E-state index in [2.05, 4.69) is 5.32 Å². The number of benzene rings is 2. The third kappa shape index (κ3) is 6.19. The molecule has 0 bridgehead atoms. The van der Waals surface area contributed by atoms with Crippen molar-refractivity contribution in [2.75, 3.05) is 13.1 Å². The molecule has 1 aliphatic heterocycles. The Kier molecular flexibility index (Phi) is 7.09. The van der Waals surface area contributed by atoms with E-state index in [-0.39, 0.29) is 30.1 Å². The summed E-state index contributed by atoms with van der Waals surface area (Å²) in [7, 11) is 0. The summed E-state index contributed by atoms with van der Waals surface area (Å²) in [5.74, 6) is 0.0992. The number of amides is 2. The molecule has 2 aromatic rings. The Morgan fingerprint density at radius 2 is 1.76 bits per heavy atom. The fourth-order valence-corrected chi connectivity index (χ4v) is 3.38. The van der Waals surface area contributed by atoms with Crippen molar-refractivity contribution in [2.45, 2.75) is 38.3 Å². The standard InChI is InChI=1S/C22H24ClFN2O3/c1-15(29-20-8-4-17(23)5-9-20)22(28)25-19-10-12-26(13-11-19)21(27)14-16-2-6-18(24)7-3-16/h2-9,15,19H,10-14H2,1H3,(H,25,28). The summed E-state index contributed by atoms with van der Waals surface area (Å²) in [5.41, 5.74) is 0.792. The summed E-state index contributed by atoms with van der Waals surface area (Å²) < 4.78 is 18.6. The number of piperidine rings is 1. The normalized spacial score (nSPS) is 15.6. The molecule has 0 saturated carbocycles. The van der Waals surface area contributed by atoms with E-state index < -0.39 is 6.10 Å². The third-order valence-corrected chi connectivity index (χ3v) is 5.21. The van der Waals surface area contributed by atoms with Gasteiger partial charge in [-0.15, -0.1) is 0 Å². The van der Waals surface area contributed by atoms with Gasteiger partial charge in [-0.2, -0.15) is 0 Å². The van der Waals surface area contributed by atoms with Crippen molar-refractivity contribution in [1.29, 1.82) is 0 Å². The van der Waals surface area contributed by atoms with Crippen molar-refractivity contribution in [3.8, 4) is 5.75 Å². The zero-order valence-corrected chi connectivity index (χ0v) is 17.0. The summed E-state index contributed by atoms with van der Waals surface area (Å²) in [6.45, 7) is 2.86. The van der Waals surface area contributed by atoms with Crippen LogP contribution in [0.4, 0.5) is 4.39 Å². The molecule has 154 valence electrons. The minimum absolute atomic E-state index is 0.00800. The van der Waals surface area contributed by atoms with Crippen molar-refractivity contribution in [2.24, 2.45) is 0 Å². The quantitative estimate of drug-likeness (QED) is 0.779. The lowest BCUT2D eigenvalue weighted by Crippen LogP contribution is -2.49. The van der Waals surface area contributed by atoms with Crippen molar-refractivity contribution in [3.63, 3.8) is 0 Å². The van der Waals surface area contributed by atoms with E-state index >= 15 is 0 Å². The van der Waals surface area contributed by atoms with Crippen LogP contribution in [0, 0.1) is 5.82 Å². The number of rotatable bonds is 6. The molecule has 1 unspecified atom stereocenters. The van der Waals surface area contributed by atoms with Gasteiger partial charge in [0, 0.05) is 24.2 Å². The lowest BCUT2D eigenvalue weighted by atomic mass is 10.0. The number of hydrogen-bond donors (Lipinski definition) is 1. The van der Waals surface area contributed by atoms with Crippen LogP contribution in [0.5, 0.6) is 5.75 Å². The van der Waals surface area contributed by atoms with Crippen LogP contribution in [0.25, 0.3) is 0 Å². The van der Waals surface area contributed by atoms with Crippen molar-refractivity contribution in [3.05, 3.63) is 64.9 Å². The van der Waals surface area contributed by atoms with Crippen LogP contribution in [0.3, 0.4) is 0 Å². The van der Waals surface area contributed by atoms with E-state index in [0.717, 1.165) is 5.56 Å². The minimum Gasteiger partial charge on any atom is -0.481 e. The fraction of sp³-hybridized carbons (Fsp3) is 0.364. The minimum atomic E-state index is -0.630. The fourth-order valence-electron chi connectivity index (χ4n) is 3.25. The van der Waals surface area contributed by atoms with Crippen molar-refractivity contribution < 1.29 is 18.7 Å². The number of carbonyl (C=O) groups excluding carboxylic acids is 2. The summed E-state index contributed by atoms with van der Waals surface area (Å²) >= 11 is 5.85. The highest BCUT2D eigenvalue weighted by Gasteiger charge is 2.25. The molecule has 0 radical (unpaired) electrons. The molecule has 1 N–H and O–H groups in total. The van der Waals surface area contributed by atoms with E-state index in [9.17, 15) is 14.0 Å². The Morgan fingerprint density at radius 1 is 1.14 bits per heavy atom. The van der Waals surface area contributed by atoms with Gasteiger partial charge in [-0.3, -0.25) is 9.59 Å². The molecule has 0 aliphatic carbocycles. The van der Waals surface area contributed by atoms with Gasteiger partial charge in [0.1, 0.15) is 11.6 Å². The van der Waals surface area contributed by atoms with Crippen LogP contribution in [0.2, 0.25) is 5.02 Å². The predicted octanol–water partition coefficient (Wildman–Crippen LogP) is 3.60. The summed E-state index contributed by atoms with van der Waals surface area (Å²) in [5, 5.41) is 3.60. The van der Waals surface area contributed by atoms with Gasteiger partial charge < -0.3 is 15.0 Å². The molecule has 5 nitrogen and oxygen atoms in total. The molecule has 7 heteroatoms. The maximum atomic E-state index is 13.0. The first kappa shape index (κ1) is 21.1. The zero-order chi connectivity index (χ0) is 20.8. The highest BCUT2D eigenvalue weighted by atomic mass is 35.5. The summed E-state index contributed by atoms with van der Waals surface area (Å²) in [6, 6.07) is 12.8. The van der Waals surface area contributed by atoms with Gasteiger partial charge in [0.15, 0.2) is 6.10 Å². The van der Waals surface area contributed by atoms with Gasteiger partial charge in [-0.25, -0.2) is 4.39 Å². The monoisotopic (exact) mass is 418 g/mol. The molecular formula is C22H24ClFN2O3. The Balaban J connectivity index is 1.42. The molecular weight excluding hydrogens is 395 g/mol. The molecule has 2 amide bonds. The maximum Gasteiger partial charge on any atom is 0.260 e. The first-order valence-corrected chi connectivity index (χ1v) is 10.0. The molecule has 0 aromatic heterocycles. The van der Waals surface area contributed by atoms with Crippen LogP contribution >= 0.6 is 11.6 Å². The maximum absolute atomic E-state index is 13.0. The highest BCUT2D eigenvalue weighted by Crippen LogP contribution is 2.17. The number of ether oxygens (including phenoxy) is 1. The van der Waals surface area contributed by atoms with Crippen LogP contribution in [-0.4, -0.2) is 41.9 Å². The van der Waals surface area contributed by atoms with E-state index in [1.165, 1.54) is 12.1 Å². The average molecular weight is 419 g/mol. The van der Waals surface area contributed by atoms with Gasteiger partial charge in [0.25, 0.3) is 5.91 Å². The Labute approximate surface area is 174 Å². The smallest absolute Gasteiger partial charge is 0.260 e. The van der Waals surface area contributed by atoms with Crippen molar-refractivity contribution >= 4 is 23.4 Å². The number of halogens is 2. The summed E-state index contributed by atoms with van der Waals surface area (Å²) in [6.07, 6.45) is 1.00. The van der Waals surface area contributed by atoms with Gasteiger partial charge in [-0.05, 0) is 61.7 Å². The largest absolute Gasteiger partial charge is 0.481 e. The second-order valence-corrected chi connectivity index (χ2v) is 7.62. The van der Waals surface area contributed by atoms with Gasteiger partial charge >= 0.3 is 0 Å². The Bertz CT molecular complexity index is 834. The number of nitrogens with one attached hydrogen (secondary N) is 1. The topological polar surface area (TPSA) is 58.6 Å². The molecule has 0 spiro atoms. The highest BCUT2D eigenvalue weighted by molar-refractivity contribution is 6.30. The number of hydrogen-bond acceptors (Lipinski definition) is 3. The zero-order valence-electron chi connectivity index (χ0n) is 16.2. The number of nitrogens with zero attached hydrogens (tertiary/aromatic N) is 1. The van der Waals surface area contributed by atoms with Crippen LogP contribution in [0.1, 0.15) is 25.3 Å². The van der Waals surface area contributed by atoms with E-state index in [0.29, 0.717) is 36.7 Å². The summed E-state index contributed by atoms with van der Waals surface area (Å²) in [4.78, 5) is 26.6. The van der Waals surface area contributed by atoms with E-state index in [4.69, 9.17) is 16.3 Å². The second-order valence-electron chi connectivity index (χ2n) is 7.18. The molecule has 1 fully saturated rings. The van der Waals surface area contributed by atoms with Gasteiger partial charge in [0.2, 0.25) is 5.91 Å². The lowest BCUT2D eigenvalue weighted by Gasteiger charge is -2.33. The van der Waals surface area contributed by atoms with E-state index in [1.807, 2.05) is 0 Å². The predicted molar refractivity (Wildman–Crippen MR) is 109 cm³/mol. The Hall–Kier alpha value is -2.60. The third-order valence-electron chi connectivity index (χ3n) is 4.96. The molecule has 2 aromatic carbocycles. The molecule has 29 heavy (non-hydrogen) atoms. The van der Waals surface area contributed by atoms with Crippen LogP contribution in [-0.2, 0) is 16.0 Å². The first-order valence-electron chi connectivity index (χ1n) is 9.65. The van der Waals surface area contributed by atoms with Gasteiger partial charge in [0.05, 0.1) is 6.42 Å². The molecule has 3 rings (SSSR count). The van der Waals surface area contributed by atoms with Crippen LogP contribution in [0.15, 0.2) is 48.5 Å². The number of carbonyl (C=O) groups is 2. The molecule has 1 aliphatic rings. The average Bonchev–Trinajstić information content (AvgIpc) is 2.72. The SMILES string of the molecule is CC(Oc1ccc(Cl)cc1)C(=O)NC1CCN(C(=O)Cc2ccc(F)cc2)CC1. The molecule has 1 heterocycles. The second kappa shape index (κ2) is 9.74. The first-order chi connectivity index (χ1) is 13.9. The van der Waals surface area contributed by atoms with E-state index in [1.54, 1.807) is 48.2 Å². The lowest BCUT2D eigenvalue weighted by molar-refractivity contribution is -0.132. The Morgan fingerprint density at radius 3 is 2.38 bits per heavy atom. The van der Waals surface area contributed by atoms with Crippen LogP contribution < -0.4 is 10.1 Å². The van der Waals surface area contributed by atoms with Gasteiger partial charge in [-0.1, -0.05) is 23.7 Å². The molecule has 1 saturated heterocycles. The molecule has 1 atom stereocenters. The van der Waals surface area contributed by atoms with Crippen molar-refractivity contribution in [1.82, 2.24) is 10.2 Å². The number of likely N-dealkylation sites (tertiary alicyclic amines) is 1.